The van der Waals surface area contributed by atoms with E-state index in [0.29, 0.717) is 11.1 Å². The number of phenolic OH excluding ortho intramolecular Hbond substituents is 2. The van der Waals surface area contributed by atoms with Crippen molar-refractivity contribution in [3.8, 4) is 11.5 Å². The minimum atomic E-state index is -0.450. The molecule has 3 N–H and O–H groups in total. The molecule has 0 aliphatic rings. The number of benzene rings is 2. The highest BCUT2D eigenvalue weighted by Gasteiger charge is 2.17. The van der Waals surface area contributed by atoms with Gasteiger partial charge in [-0.25, -0.2) is 0 Å². The fourth-order valence-corrected chi connectivity index (χ4v) is 1.83. The van der Waals surface area contributed by atoms with Gasteiger partial charge < -0.3 is 10.2 Å². The molecule has 22 heavy (non-hydrogen) atoms. The zero-order chi connectivity index (χ0) is 16.1. The Hall–Kier alpha value is -3.02. The lowest BCUT2D eigenvalue weighted by Gasteiger charge is -2.21. The SMILES string of the molecule is CCN(NC(=O)c1ccc(O)cc1)C(=O)c1ccc(O)cc1. The zero-order valence-electron chi connectivity index (χ0n) is 12.0. The first-order valence-electron chi connectivity index (χ1n) is 6.72. The van der Waals surface area contributed by atoms with E-state index in [2.05, 4.69) is 5.43 Å². The van der Waals surface area contributed by atoms with Crippen LogP contribution in [0.25, 0.3) is 0 Å². The summed E-state index contributed by atoms with van der Waals surface area (Å²) in [6, 6.07) is 11.5. The number of hydrazine groups is 1. The Kier molecular flexibility index (Phi) is 4.63. The molecule has 2 aromatic rings. The van der Waals surface area contributed by atoms with Crippen LogP contribution < -0.4 is 5.43 Å². The average molecular weight is 300 g/mol. The van der Waals surface area contributed by atoms with E-state index >= 15 is 0 Å². The van der Waals surface area contributed by atoms with Crippen LogP contribution in [0.4, 0.5) is 0 Å². The van der Waals surface area contributed by atoms with Crippen LogP contribution in [0.15, 0.2) is 48.5 Å². The van der Waals surface area contributed by atoms with Crippen LogP contribution in [-0.4, -0.2) is 33.6 Å². The van der Waals surface area contributed by atoms with Gasteiger partial charge in [0.25, 0.3) is 11.8 Å². The van der Waals surface area contributed by atoms with Crippen molar-refractivity contribution in [2.75, 3.05) is 6.54 Å². The number of hydrogen-bond acceptors (Lipinski definition) is 4. The fourth-order valence-electron chi connectivity index (χ4n) is 1.83. The molecule has 0 aliphatic heterocycles. The van der Waals surface area contributed by atoms with Crippen molar-refractivity contribution in [1.29, 1.82) is 0 Å². The average Bonchev–Trinajstić information content (AvgIpc) is 2.53. The predicted octanol–water partition coefficient (Wildman–Crippen LogP) is 1.90. The molecule has 0 unspecified atom stereocenters. The lowest BCUT2D eigenvalue weighted by Crippen LogP contribution is -2.46. The molecule has 0 aromatic heterocycles. The Bertz CT molecular complexity index is 666. The Morgan fingerprint density at radius 2 is 1.36 bits per heavy atom. The molecule has 0 heterocycles. The molecule has 0 spiro atoms. The van der Waals surface area contributed by atoms with E-state index in [9.17, 15) is 19.8 Å². The highest BCUT2D eigenvalue weighted by molar-refractivity contribution is 5.99. The van der Waals surface area contributed by atoms with E-state index in [1.54, 1.807) is 6.92 Å². The van der Waals surface area contributed by atoms with Gasteiger partial charge in [-0.1, -0.05) is 0 Å². The second kappa shape index (κ2) is 6.62. The highest BCUT2D eigenvalue weighted by atomic mass is 16.3. The van der Waals surface area contributed by atoms with Crippen molar-refractivity contribution < 1.29 is 19.8 Å². The molecule has 2 aromatic carbocycles. The minimum absolute atomic E-state index is 0.0593. The van der Waals surface area contributed by atoms with Crippen LogP contribution >= 0.6 is 0 Å². The van der Waals surface area contributed by atoms with Gasteiger partial charge in [0.15, 0.2) is 0 Å². The van der Waals surface area contributed by atoms with Crippen LogP contribution in [0, 0.1) is 0 Å². The Morgan fingerprint density at radius 3 is 1.82 bits per heavy atom. The summed E-state index contributed by atoms with van der Waals surface area (Å²) in [5, 5.41) is 19.6. The number of aromatic hydroxyl groups is 2. The first-order chi connectivity index (χ1) is 10.5. The first kappa shape index (κ1) is 15.4. The first-order valence-corrected chi connectivity index (χ1v) is 6.72. The fraction of sp³-hybridized carbons (Fsp3) is 0.125. The highest BCUT2D eigenvalue weighted by Crippen LogP contribution is 2.12. The molecule has 2 amide bonds. The van der Waals surface area contributed by atoms with Crippen molar-refractivity contribution in [2.24, 2.45) is 0 Å². The molecule has 114 valence electrons. The van der Waals surface area contributed by atoms with Crippen LogP contribution in [0.5, 0.6) is 11.5 Å². The number of rotatable bonds is 3. The van der Waals surface area contributed by atoms with Gasteiger partial charge in [-0.2, -0.15) is 0 Å². The Balaban J connectivity index is 2.11. The van der Waals surface area contributed by atoms with E-state index in [1.807, 2.05) is 0 Å². The standard InChI is InChI=1S/C16H16N2O4/c1-2-18(16(22)12-5-9-14(20)10-6-12)17-15(21)11-3-7-13(19)8-4-11/h3-10,19-20H,2H2,1H3,(H,17,21). The second-order valence-corrected chi connectivity index (χ2v) is 4.58. The minimum Gasteiger partial charge on any atom is -0.508 e. The summed E-state index contributed by atoms with van der Waals surface area (Å²) in [6.07, 6.45) is 0. The molecular formula is C16H16N2O4. The third-order valence-electron chi connectivity index (χ3n) is 3.04. The summed E-state index contributed by atoms with van der Waals surface area (Å²) >= 11 is 0. The van der Waals surface area contributed by atoms with Crippen LogP contribution in [0.3, 0.4) is 0 Å². The lowest BCUT2D eigenvalue weighted by atomic mass is 10.2. The normalized spacial score (nSPS) is 10.0. The monoisotopic (exact) mass is 300 g/mol. The smallest absolute Gasteiger partial charge is 0.272 e. The molecular weight excluding hydrogens is 284 g/mol. The van der Waals surface area contributed by atoms with E-state index in [0.717, 1.165) is 0 Å². The van der Waals surface area contributed by atoms with E-state index in [-0.39, 0.29) is 24.0 Å². The number of nitrogens with one attached hydrogen (secondary N) is 1. The van der Waals surface area contributed by atoms with Gasteiger partial charge in [-0.05, 0) is 55.5 Å². The van der Waals surface area contributed by atoms with Gasteiger partial charge in [0.1, 0.15) is 11.5 Å². The van der Waals surface area contributed by atoms with Gasteiger partial charge in [0, 0.05) is 17.7 Å². The van der Waals surface area contributed by atoms with Crippen molar-refractivity contribution in [3.63, 3.8) is 0 Å². The van der Waals surface area contributed by atoms with Gasteiger partial charge in [-0.3, -0.25) is 20.0 Å². The van der Waals surface area contributed by atoms with Gasteiger partial charge >= 0.3 is 0 Å². The summed E-state index contributed by atoms with van der Waals surface area (Å²) < 4.78 is 0. The Labute approximate surface area is 127 Å². The molecule has 6 heteroatoms. The van der Waals surface area contributed by atoms with Gasteiger partial charge in [0.05, 0.1) is 0 Å². The van der Waals surface area contributed by atoms with Crippen LogP contribution in [-0.2, 0) is 0 Å². The molecule has 0 bridgehead atoms. The largest absolute Gasteiger partial charge is 0.508 e. The maximum atomic E-state index is 12.3. The lowest BCUT2D eigenvalue weighted by molar-refractivity contribution is 0.0594. The van der Waals surface area contributed by atoms with Crippen molar-refractivity contribution in [1.82, 2.24) is 10.4 Å². The third-order valence-corrected chi connectivity index (χ3v) is 3.04. The molecule has 0 saturated carbocycles. The Morgan fingerprint density at radius 1 is 0.909 bits per heavy atom. The van der Waals surface area contributed by atoms with Gasteiger partial charge in [-0.15, -0.1) is 0 Å². The van der Waals surface area contributed by atoms with Crippen molar-refractivity contribution in [3.05, 3.63) is 59.7 Å². The topological polar surface area (TPSA) is 89.9 Å². The number of carbonyl (C=O) groups is 2. The summed E-state index contributed by atoms with van der Waals surface area (Å²) in [5.74, 6) is -0.708. The van der Waals surface area contributed by atoms with Crippen LogP contribution in [0.1, 0.15) is 27.6 Å². The number of amides is 2. The maximum Gasteiger partial charge on any atom is 0.272 e. The molecule has 0 radical (unpaired) electrons. The molecule has 2 rings (SSSR count). The molecule has 6 nitrogen and oxygen atoms in total. The van der Waals surface area contributed by atoms with Crippen LogP contribution in [0.2, 0.25) is 0 Å². The van der Waals surface area contributed by atoms with Crippen molar-refractivity contribution >= 4 is 11.8 Å². The van der Waals surface area contributed by atoms with E-state index in [1.165, 1.54) is 53.5 Å². The number of carbonyl (C=O) groups excluding carboxylic acids is 2. The molecule has 0 atom stereocenters. The van der Waals surface area contributed by atoms with Gasteiger partial charge in [0.2, 0.25) is 0 Å². The maximum absolute atomic E-state index is 12.3. The second-order valence-electron chi connectivity index (χ2n) is 4.58. The number of phenols is 2. The van der Waals surface area contributed by atoms with E-state index < -0.39 is 5.91 Å². The third kappa shape index (κ3) is 3.54. The number of nitrogens with zero attached hydrogens (tertiary/aromatic N) is 1. The summed E-state index contributed by atoms with van der Waals surface area (Å²) in [6.45, 7) is 2.01. The summed E-state index contributed by atoms with van der Waals surface area (Å²) in [7, 11) is 0. The molecule has 0 aliphatic carbocycles. The van der Waals surface area contributed by atoms with Crippen molar-refractivity contribution in [2.45, 2.75) is 6.92 Å². The summed E-state index contributed by atoms with van der Waals surface area (Å²) in [5.41, 5.74) is 3.20. The van der Waals surface area contributed by atoms with E-state index in [4.69, 9.17) is 0 Å². The number of hydrogen-bond donors (Lipinski definition) is 3. The molecule has 0 fully saturated rings. The predicted molar refractivity (Wildman–Crippen MR) is 80.4 cm³/mol. The summed E-state index contributed by atoms with van der Waals surface area (Å²) in [4.78, 5) is 24.4. The quantitative estimate of drug-likeness (QED) is 0.755. The molecule has 0 saturated heterocycles. The zero-order valence-corrected chi connectivity index (χ0v) is 12.0.